The van der Waals surface area contributed by atoms with Crippen LogP contribution in [0.3, 0.4) is 0 Å². The Morgan fingerprint density at radius 1 is 1.03 bits per heavy atom. The third-order valence-electron chi connectivity index (χ3n) is 5.91. The van der Waals surface area contributed by atoms with E-state index >= 15 is 0 Å². The normalized spacial score (nSPS) is 17.9. The fourth-order valence-electron chi connectivity index (χ4n) is 4.05. The van der Waals surface area contributed by atoms with Crippen LogP contribution in [0.4, 0.5) is 4.39 Å². The van der Waals surface area contributed by atoms with E-state index in [2.05, 4.69) is 15.6 Å². The largest absolute Gasteiger partial charge is 0.484 e. The highest BCUT2D eigenvalue weighted by Crippen LogP contribution is 2.24. The third-order valence-corrected chi connectivity index (χ3v) is 6.45. The highest BCUT2D eigenvalue weighted by atomic mass is 35.5. The minimum absolute atomic E-state index is 0.00337. The van der Waals surface area contributed by atoms with E-state index in [0.29, 0.717) is 23.2 Å². The van der Waals surface area contributed by atoms with Crippen LogP contribution in [0.15, 0.2) is 48.5 Å². The average molecular weight is 504 g/mol. The van der Waals surface area contributed by atoms with Crippen LogP contribution in [0.2, 0.25) is 10.0 Å². The van der Waals surface area contributed by atoms with Crippen LogP contribution in [0.25, 0.3) is 10.9 Å². The minimum Gasteiger partial charge on any atom is -0.484 e. The van der Waals surface area contributed by atoms with E-state index in [1.165, 1.54) is 12.1 Å². The van der Waals surface area contributed by atoms with Gasteiger partial charge in [-0.3, -0.25) is 9.59 Å². The predicted molar refractivity (Wildman–Crippen MR) is 130 cm³/mol. The molecule has 0 unspecified atom stereocenters. The van der Waals surface area contributed by atoms with Crippen LogP contribution in [-0.2, 0) is 4.79 Å². The lowest BCUT2D eigenvalue weighted by atomic mass is 9.86. The van der Waals surface area contributed by atoms with Crippen molar-refractivity contribution in [3.63, 3.8) is 0 Å². The van der Waals surface area contributed by atoms with E-state index in [9.17, 15) is 14.0 Å². The fourth-order valence-corrected chi connectivity index (χ4v) is 4.34. The molecule has 0 spiro atoms. The Balaban J connectivity index is 1.18. The van der Waals surface area contributed by atoms with Gasteiger partial charge in [-0.1, -0.05) is 29.3 Å². The van der Waals surface area contributed by atoms with Gasteiger partial charge in [-0.25, -0.2) is 9.37 Å². The number of amides is 2. The maximum atomic E-state index is 13.5. The summed E-state index contributed by atoms with van der Waals surface area (Å²) < 4.78 is 18.8. The molecule has 2 N–H and O–H groups in total. The molecule has 6 nitrogen and oxygen atoms in total. The van der Waals surface area contributed by atoms with E-state index in [0.717, 1.165) is 42.7 Å². The van der Waals surface area contributed by atoms with Gasteiger partial charge in [0.1, 0.15) is 17.3 Å². The topological polar surface area (TPSA) is 80.3 Å². The van der Waals surface area contributed by atoms with Crippen molar-refractivity contribution in [2.24, 2.45) is 5.92 Å². The van der Waals surface area contributed by atoms with Gasteiger partial charge in [0.15, 0.2) is 6.61 Å². The Hall–Kier alpha value is -2.90. The number of rotatable bonds is 7. The van der Waals surface area contributed by atoms with Crippen molar-refractivity contribution < 1.29 is 18.7 Å². The molecular formula is C25H24Cl2FN3O3. The first-order chi connectivity index (χ1) is 16.4. The minimum atomic E-state index is -0.591. The molecule has 9 heteroatoms. The number of aromatic nitrogens is 1. The van der Waals surface area contributed by atoms with Gasteiger partial charge in [-0.05, 0) is 68.0 Å². The molecule has 34 heavy (non-hydrogen) atoms. The number of fused-ring (bicyclic) bond motifs is 1. The Labute approximate surface area is 206 Å². The summed E-state index contributed by atoms with van der Waals surface area (Å²) in [6, 6.07) is 13.0. The lowest BCUT2D eigenvalue weighted by Gasteiger charge is -2.29. The van der Waals surface area contributed by atoms with Crippen LogP contribution in [0, 0.1) is 11.7 Å². The molecule has 0 bridgehead atoms. The smallest absolute Gasteiger partial charge is 0.269 e. The lowest BCUT2D eigenvalue weighted by Crippen LogP contribution is -2.41. The molecular weight excluding hydrogens is 480 g/mol. The number of benzene rings is 2. The van der Waals surface area contributed by atoms with Crippen LogP contribution >= 0.6 is 23.2 Å². The van der Waals surface area contributed by atoms with Crippen molar-refractivity contribution in [1.82, 2.24) is 15.6 Å². The summed E-state index contributed by atoms with van der Waals surface area (Å²) in [4.78, 5) is 29.1. The third kappa shape index (κ3) is 6.36. The molecule has 1 fully saturated rings. The molecule has 3 aromatic rings. The van der Waals surface area contributed by atoms with Crippen molar-refractivity contribution >= 4 is 45.9 Å². The Morgan fingerprint density at radius 3 is 2.59 bits per heavy atom. The molecule has 1 aliphatic carbocycles. The van der Waals surface area contributed by atoms with Crippen molar-refractivity contribution in [2.45, 2.75) is 31.7 Å². The SMILES string of the molecule is O=C(COc1ccc(Cl)c(F)c1)N[C@H]1CC[C@H](CNC(=O)c2ccc3cc(Cl)ccc3n2)CC1. The molecule has 4 rings (SSSR count). The van der Waals surface area contributed by atoms with Gasteiger partial charge in [0.05, 0.1) is 10.5 Å². The van der Waals surface area contributed by atoms with E-state index in [1.807, 2.05) is 12.1 Å². The Kier molecular flexibility index (Phi) is 7.85. The van der Waals surface area contributed by atoms with E-state index in [-0.39, 0.29) is 35.2 Å². The number of hydrogen-bond donors (Lipinski definition) is 2. The number of ether oxygens (including phenoxy) is 1. The average Bonchev–Trinajstić information content (AvgIpc) is 2.84. The maximum absolute atomic E-state index is 13.5. The standard InChI is InChI=1S/C25H24Cl2FN3O3/c26-17-4-10-22-16(11-17)3-9-23(31-22)25(33)29-13-15-1-5-18(6-2-15)30-24(32)14-34-19-7-8-20(27)21(28)12-19/h3-4,7-12,15,18H,1-2,5-6,13-14H2,(H,29,33)(H,30,32)/t15-,18-. The molecule has 2 amide bonds. The zero-order valence-corrected chi connectivity index (χ0v) is 19.8. The summed E-state index contributed by atoms with van der Waals surface area (Å²) in [6.45, 7) is 0.368. The summed E-state index contributed by atoms with van der Waals surface area (Å²) in [6.07, 6.45) is 3.41. The molecule has 1 aliphatic rings. The molecule has 0 radical (unpaired) electrons. The number of pyridine rings is 1. The zero-order chi connectivity index (χ0) is 24.1. The van der Waals surface area contributed by atoms with Crippen LogP contribution in [0.5, 0.6) is 5.75 Å². The number of hydrogen-bond acceptors (Lipinski definition) is 4. The van der Waals surface area contributed by atoms with Crippen LogP contribution < -0.4 is 15.4 Å². The van der Waals surface area contributed by atoms with Gasteiger partial charge in [0.25, 0.3) is 11.8 Å². The zero-order valence-electron chi connectivity index (χ0n) is 18.3. The van der Waals surface area contributed by atoms with E-state index in [4.69, 9.17) is 27.9 Å². The van der Waals surface area contributed by atoms with Crippen molar-refractivity contribution in [1.29, 1.82) is 0 Å². The fraction of sp³-hybridized carbons (Fsp3) is 0.320. The van der Waals surface area contributed by atoms with Crippen LogP contribution in [0.1, 0.15) is 36.2 Å². The number of nitrogens with one attached hydrogen (secondary N) is 2. The first-order valence-corrected chi connectivity index (χ1v) is 11.8. The molecule has 1 saturated carbocycles. The van der Waals surface area contributed by atoms with E-state index in [1.54, 1.807) is 18.2 Å². The van der Waals surface area contributed by atoms with Gasteiger partial charge in [0.2, 0.25) is 0 Å². The van der Waals surface area contributed by atoms with E-state index < -0.39 is 5.82 Å². The van der Waals surface area contributed by atoms with Crippen molar-refractivity contribution in [3.05, 3.63) is 70.1 Å². The lowest BCUT2D eigenvalue weighted by molar-refractivity contribution is -0.124. The summed E-state index contributed by atoms with van der Waals surface area (Å²) >= 11 is 11.6. The molecule has 0 saturated heterocycles. The van der Waals surface area contributed by atoms with Gasteiger partial charge in [0, 0.05) is 29.1 Å². The quantitative estimate of drug-likeness (QED) is 0.466. The first-order valence-electron chi connectivity index (χ1n) is 11.1. The highest BCUT2D eigenvalue weighted by Gasteiger charge is 2.23. The molecule has 2 aromatic carbocycles. The first kappa shape index (κ1) is 24.2. The number of carbonyl (C=O) groups is 2. The summed E-state index contributed by atoms with van der Waals surface area (Å²) in [7, 11) is 0. The second-order valence-electron chi connectivity index (χ2n) is 8.39. The van der Waals surface area contributed by atoms with Crippen LogP contribution in [-0.4, -0.2) is 36.0 Å². The van der Waals surface area contributed by atoms with Gasteiger partial charge in [-0.2, -0.15) is 0 Å². The second-order valence-corrected chi connectivity index (χ2v) is 9.24. The van der Waals surface area contributed by atoms with Gasteiger partial charge >= 0.3 is 0 Å². The molecule has 1 aromatic heterocycles. The Morgan fingerprint density at radius 2 is 1.82 bits per heavy atom. The number of carbonyl (C=O) groups excluding carboxylic acids is 2. The molecule has 0 aliphatic heterocycles. The summed E-state index contributed by atoms with van der Waals surface area (Å²) in [5.41, 5.74) is 1.09. The number of nitrogens with zero attached hydrogens (tertiary/aromatic N) is 1. The molecule has 178 valence electrons. The second kappa shape index (κ2) is 11.0. The maximum Gasteiger partial charge on any atom is 0.269 e. The van der Waals surface area contributed by atoms with Gasteiger partial charge < -0.3 is 15.4 Å². The Bertz CT molecular complexity index is 1200. The molecule has 0 atom stereocenters. The predicted octanol–water partition coefficient (Wildman–Crippen LogP) is 5.16. The number of halogens is 3. The van der Waals surface area contributed by atoms with Crippen molar-refractivity contribution in [2.75, 3.05) is 13.2 Å². The van der Waals surface area contributed by atoms with Crippen molar-refractivity contribution in [3.8, 4) is 5.75 Å². The summed E-state index contributed by atoms with van der Waals surface area (Å²) in [5, 5.41) is 7.44. The highest BCUT2D eigenvalue weighted by molar-refractivity contribution is 6.31. The summed E-state index contributed by atoms with van der Waals surface area (Å²) in [5.74, 6) is -0.462. The molecule has 1 heterocycles. The van der Waals surface area contributed by atoms with Gasteiger partial charge in [-0.15, -0.1) is 0 Å². The monoisotopic (exact) mass is 503 g/mol.